The van der Waals surface area contributed by atoms with E-state index in [9.17, 15) is 4.79 Å². The van der Waals surface area contributed by atoms with Crippen LogP contribution in [0.3, 0.4) is 0 Å². The predicted molar refractivity (Wildman–Crippen MR) is 69.5 cm³/mol. The predicted octanol–water partition coefficient (Wildman–Crippen LogP) is 2.13. The van der Waals surface area contributed by atoms with E-state index in [4.69, 9.17) is 16.2 Å². The number of nitrogens with two attached hydrogens (primary N) is 2. The summed E-state index contributed by atoms with van der Waals surface area (Å²) in [5, 5.41) is 0. The Morgan fingerprint density at radius 3 is 2.76 bits per heavy atom. The molecule has 0 atom stereocenters. The van der Waals surface area contributed by atoms with E-state index in [2.05, 4.69) is 0 Å². The number of esters is 1. The lowest BCUT2D eigenvalue weighted by atomic mass is 10.1. The molecule has 4 N–H and O–H groups in total. The van der Waals surface area contributed by atoms with Gasteiger partial charge in [0.15, 0.2) is 0 Å². The van der Waals surface area contributed by atoms with Crippen LogP contribution < -0.4 is 11.5 Å². The largest absolute Gasteiger partial charge is 0.466 e. The topological polar surface area (TPSA) is 78.3 Å². The van der Waals surface area contributed by atoms with Gasteiger partial charge in [-0.3, -0.25) is 4.79 Å². The van der Waals surface area contributed by atoms with Crippen molar-refractivity contribution in [1.29, 1.82) is 0 Å². The SMILES string of the molecule is CCCC(=O)OCCCc1ccc(N)cc1N. The van der Waals surface area contributed by atoms with E-state index in [0.29, 0.717) is 24.4 Å². The molecule has 0 aliphatic rings. The lowest BCUT2D eigenvalue weighted by Crippen LogP contribution is -2.06. The van der Waals surface area contributed by atoms with Gasteiger partial charge in [0, 0.05) is 17.8 Å². The van der Waals surface area contributed by atoms with Gasteiger partial charge in [0.25, 0.3) is 0 Å². The first-order chi connectivity index (χ1) is 8.13. The van der Waals surface area contributed by atoms with E-state index >= 15 is 0 Å². The molecule has 0 aromatic heterocycles. The molecule has 0 saturated heterocycles. The van der Waals surface area contributed by atoms with Crippen molar-refractivity contribution < 1.29 is 9.53 Å². The second-order valence-corrected chi connectivity index (χ2v) is 4.03. The number of carbonyl (C=O) groups excluding carboxylic acids is 1. The Morgan fingerprint density at radius 1 is 1.35 bits per heavy atom. The Hall–Kier alpha value is -1.71. The van der Waals surface area contributed by atoms with Gasteiger partial charge >= 0.3 is 5.97 Å². The summed E-state index contributed by atoms with van der Waals surface area (Å²) >= 11 is 0. The number of carbonyl (C=O) groups is 1. The van der Waals surface area contributed by atoms with Crippen molar-refractivity contribution in [3.63, 3.8) is 0 Å². The molecule has 0 unspecified atom stereocenters. The smallest absolute Gasteiger partial charge is 0.305 e. The normalized spacial score (nSPS) is 10.2. The van der Waals surface area contributed by atoms with E-state index < -0.39 is 0 Å². The zero-order valence-electron chi connectivity index (χ0n) is 10.2. The molecule has 0 heterocycles. The Bertz CT molecular complexity index is 378. The van der Waals surface area contributed by atoms with E-state index in [1.54, 1.807) is 6.07 Å². The number of nitrogen functional groups attached to an aromatic ring is 2. The van der Waals surface area contributed by atoms with Crippen molar-refractivity contribution in [3.8, 4) is 0 Å². The fraction of sp³-hybridized carbons (Fsp3) is 0.462. The highest BCUT2D eigenvalue weighted by molar-refractivity contribution is 5.69. The summed E-state index contributed by atoms with van der Waals surface area (Å²) in [6, 6.07) is 5.49. The Morgan fingerprint density at radius 2 is 2.12 bits per heavy atom. The van der Waals surface area contributed by atoms with Crippen LogP contribution >= 0.6 is 0 Å². The van der Waals surface area contributed by atoms with Gasteiger partial charge in [-0.1, -0.05) is 13.0 Å². The molecule has 4 heteroatoms. The molecule has 94 valence electrons. The molecule has 1 aromatic carbocycles. The van der Waals surface area contributed by atoms with Crippen molar-refractivity contribution in [3.05, 3.63) is 23.8 Å². The average Bonchev–Trinajstić information content (AvgIpc) is 2.27. The fourth-order valence-corrected chi connectivity index (χ4v) is 1.57. The highest BCUT2D eigenvalue weighted by Gasteiger charge is 2.02. The summed E-state index contributed by atoms with van der Waals surface area (Å²) < 4.78 is 5.06. The van der Waals surface area contributed by atoms with E-state index in [1.807, 2.05) is 19.1 Å². The third-order valence-electron chi connectivity index (χ3n) is 2.48. The van der Waals surface area contributed by atoms with Gasteiger partial charge in [0.2, 0.25) is 0 Å². The number of hydrogen-bond donors (Lipinski definition) is 2. The van der Waals surface area contributed by atoms with E-state index in [0.717, 1.165) is 24.8 Å². The number of rotatable bonds is 6. The van der Waals surface area contributed by atoms with E-state index in [1.165, 1.54) is 0 Å². The average molecular weight is 236 g/mol. The Labute approximate surface area is 102 Å². The second kappa shape index (κ2) is 6.78. The first kappa shape index (κ1) is 13.4. The molecule has 0 amide bonds. The molecule has 4 nitrogen and oxygen atoms in total. The molecule has 0 bridgehead atoms. The summed E-state index contributed by atoms with van der Waals surface area (Å²) in [5.41, 5.74) is 13.8. The zero-order valence-corrected chi connectivity index (χ0v) is 10.2. The van der Waals surface area contributed by atoms with Crippen LogP contribution in [0.5, 0.6) is 0 Å². The van der Waals surface area contributed by atoms with Crippen LogP contribution in [0.25, 0.3) is 0 Å². The maximum absolute atomic E-state index is 11.1. The first-order valence-electron chi connectivity index (χ1n) is 5.93. The van der Waals surface area contributed by atoms with Crippen molar-refractivity contribution in [2.24, 2.45) is 0 Å². The Balaban J connectivity index is 2.29. The maximum Gasteiger partial charge on any atom is 0.305 e. The van der Waals surface area contributed by atoms with Gasteiger partial charge in [0.1, 0.15) is 0 Å². The Kier molecular flexibility index (Phi) is 5.33. The fourth-order valence-electron chi connectivity index (χ4n) is 1.57. The van der Waals surface area contributed by atoms with Crippen LogP contribution in [-0.4, -0.2) is 12.6 Å². The number of aryl methyl sites for hydroxylation is 1. The van der Waals surface area contributed by atoms with Crippen LogP contribution in [-0.2, 0) is 16.0 Å². The van der Waals surface area contributed by atoms with Crippen LogP contribution in [0, 0.1) is 0 Å². The molecule has 1 rings (SSSR count). The van der Waals surface area contributed by atoms with Crippen molar-refractivity contribution in [1.82, 2.24) is 0 Å². The lowest BCUT2D eigenvalue weighted by molar-refractivity contribution is -0.143. The van der Waals surface area contributed by atoms with Gasteiger partial charge in [-0.25, -0.2) is 0 Å². The minimum absolute atomic E-state index is 0.127. The quantitative estimate of drug-likeness (QED) is 0.450. The van der Waals surface area contributed by atoms with Gasteiger partial charge in [0.05, 0.1) is 6.61 Å². The molecule has 0 spiro atoms. The van der Waals surface area contributed by atoms with Gasteiger partial charge in [-0.2, -0.15) is 0 Å². The molecule has 1 aromatic rings. The highest BCUT2D eigenvalue weighted by atomic mass is 16.5. The summed E-state index contributed by atoms with van der Waals surface area (Å²) in [4.78, 5) is 11.1. The zero-order chi connectivity index (χ0) is 12.7. The van der Waals surface area contributed by atoms with Gasteiger partial charge in [-0.15, -0.1) is 0 Å². The lowest BCUT2D eigenvalue weighted by Gasteiger charge is -2.07. The van der Waals surface area contributed by atoms with Crippen molar-refractivity contribution in [2.45, 2.75) is 32.6 Å². The van der Waals surface area contributed by atoms with Crippen LogP contribution in [0.4, 0.5) is 11.4 Å². The second-order valence-electron chi connectivity index (χ2n) is 4.03. The van der Waals surface area contributed by atoms with Crippen molar-refractivity contribution >= 4 is 17.3 Å². The highest BCUT2D eigenvalue weighted by Crippen LogP contribution is 2.17. The van der Waals surface area contributed by atoms with Crippen molar-refractivity contribution in [2.75, 3.05) is 18.1 Å². The number of benzene rings is 1. The van der Waals surface area contributed by atoms with Crippen LogP contribution in [0.1, 0.15) is 31.7 Å². The maximum atomic E-state index is 11.1. The number of anilines is 2. The minimum Gasteiger partial charge on any atom is -0.466 e. The van der Waals surface area contributed by atoms with Gasteiger partial charge < -0.3 is 16.2 Å². The molecule has 0 aliphatic carbocycles. The van der Waals surface area contributed by atoms with E-state index in [-0.39, 0.29) is 5.97 Å². The molecular weight excluding hydrogens is 216 g/mol. The van der Waals surface area contributed by atoms with Crippen LogP contribution in [0.2, 0.25) is 0 Å². The summed E-state index contributed by atoms with van der Waals surface area (Å²) in [6.07, 6.45) is 2.89. The molecular formula is C13H20N2O2. The summed E-state index contributed by atoms with van der Waals surface area (Å²) in [5.74, 6) is -0.127. The number of ether oxygens (including phenoxy) is 1. The molecule has 0 fully saturated rings. The summed E-state index contributed by atoms with van der Waals surface area (Å²) in [7, 11) is 0. The van der Waals surface area contributed by atoms with Gasteiger partial charge in [-0.05, 0) is 37.0 Å². The third kappa shape index (κ3) is 4.76. The molecule has 0 aliphatic heterocycles. The molecule has 0 saturated carbocycles. The molecule has 17 heavy (non-hydrogen) atoms. The first-order valence-corrected chi connectivity index (χ1v) is 5.93. The standard InChI is InChI=1S/C13H20N2O2/c1-2-4-13(16)17-8-3-5-10-6-7-11(14)9-12(10)15/h6-7,9H,2-5,8,14-15H2,1H3. The summed E-state index contributed by atoms with van der Waals surface area (Å²) in [6.45, 7) is 2.40. The minimum atomic E-state index is -0.127. The number of hydrogen-bond acceptors (Lipinski definition) is 4. The monoisotopic (exact) mass is 236 g/mol. The third-order valence-corrected chi connectivity index (χ3v) is 2.48. The van der Waals surface area contributed by atoms with Crippen LogP contribution in [0.15, 0.2) is 18.2 Å². The molecule has 0 radical (unpaired) electrons.